The molecule has 1 aliphatic heterocycles. The van der Waals surface area contributed by atoms with Crippen molar-refractivity contribution in [2.24, 2.45) is 0 Å². The van der Waals surface area contributed by atoms with Crippen LogP contribution < -0.4 is 0 Å². The quantitative estimate of drug-likeness (QED) is 0.131. The van der Waals surface area contributed by atoms with E-state index in [2.05, 4.69) is 66.4 Å². The fourth-order valence-electron chi connectivity index (χ4n) is 5.66. The highest BCUT2D eigenvalue weighted by Crippen LogP contribution is 2.25. The Morgan fingerprint density at radius 2 is 0.944 bits per heavy atom. The molecule has 1 aliphatic rings. The van der Waals surface area contributed by atoms with E-state index < -0.39 is 0 Å². The molecule has 206 valence electrons. The molecule has 0 aromatic heterocycles. The molecule has 36 heavy (non-hydrogen) atoms. The van der Waals surface area contributed by atoms with Crippen molar-refractivity contribution in [3.63, 3.8) is 0 Å². The fraction of sp³-hybridized carbons (Fsp3) is 0.765. The summed E-state index contributed by atoms with van der Waals surface area (Å²) in [5.41, 5.74) is 1.43. The topological polar surface area (TPSA) is 6.48 Å². The van der Waals surface area contributed by atoms with Gasteiger partial charge in [-0.2, -0.15) is 0 Å². The van der Waals surface area contributed by atoms with E-state index in [0.29, 0.717) is 6.17 Å². The third kappa shape index (κ3) is 14.3. The van der Waals surface area contributed by atoms with Crippen molar-refractivity contribution in [2.45, 2.75) is 161 Å². The monoisotopic (exact) mass is 496 g/mol. The standard InChI is InChI=1S/C34H60N2/c1-3-5-7-9-11-13-14-15-17-19-24-28-34-35(29-25-20-18-16-12-10-8-6-4-2)30-31-36(34)32-33-26-22-21-23-27-33/h21-23,26-27,30-31,34H,3-20,24-25,28-29,32H2,1-2H3. The molecule has 0 saturated carbocycles. The van der Waals surface area contributed by atoms with Crippen LogP contribution in [-0.4, -0.2) is 22.5 Å². The largest absolute Gasteiger partial charge is 0.356 e. The Kier molecular flexibility index (Phi) is 18.5. The summed E-state index contributed by atoms with van der Waals surface area (Å²) < 4.78 is 0. The van der Waals surface area contributed by atoms with Crippen LogP contribution in [0.25, 0.3) is 0 Å². The van der Waals surface area contributed by atoms with E-state index in [0.717, 1.165) is 6.54 Å². The lowest BCUT2D eigenvalue weighted by atomic mass is 10.0. The molecule has 1 atom stereocenters. The van der Waals surface area contributed by atoms with Crippen molar-refractivity contribution in [1.29, 1.82) is 0 Å². The summed E-state index contributed by atoms with van der Waals surface area (Å²) in [6.45, 7) is 6.87. The molecule has 2 rings (SSSR count). The van der Waals surface area contributed by atoms with Gasteiger partial charge in [-0.1, -0.05) is 160 Å². The Hall–Kier alpha value is -1.44. The van der Waals surface area contributed by atoms with Crippen molar-refractivity contribution < 1.29 is 0 Å². The van der Waals surface area contributed by atoms with Gasteiger partial charge in [-0.05, 0) is 24.8 Å². The van der Waals surface area contributed by atoms with Gasteiger partial charge < -0.3 is 9.80 Å². The Morgan fingerprint density at radius 3 is 1.47 bits per heavy atom. The van der Waals surface area contributed by atoms with Crippen LogP contribution in [0, 0.1) is 0 Å². The predicted octanol–water partition coefficient (Wildman–Crippen LogP) is 10.8. The number of benzene rings is 1. The Morgan fingerprint density at radius 1 is 0.500 bits per heavy atom. The highest BCUT2D eigenvalue weighted by molar-refractivity contribution is 5.16. The molecule has 0 amide bonds. The normalized spacial score (nSPS) is 15.3. The number of hydrogen-bond donors (Lipinski definition) is 0. The Labute approximate surface area is 225 Å². The maximum absolute atomic E-state index is 2.65. The lowest BCUT2D eigenvalue weighted by Gasteiger charge is -2.33. The summed E-state index contributed by atoms with van der Waals surface area (Å²) >= 11 is 0. The zero-order chi connectivity index (χ0) is 25.5. The molecule has 1 heterocycles. The number of nitrogens with zero attached hydrogens (tertiary/aromatic N) is 2. The minimum Gasteiger partial charge on any atom is -0.356 e. The van der Waals surface area contributed by atoms with Gasteiger partial charge in [0.2, 0.25) is 0 Å². The first-order chi connectivity index (χ1) is 17.8. The van der Waals surface area contributed by atoms with Crippen molar-refractivity contribution in [3.05, 3.63) is 48.3 Å². The third-order valence-electron chi connectivity index (χ3n) is 8.01. The van der Waals surface area contributed by atoms with Gasteiger partial charge in [-0.25, -0.2) is 0 Å². The van der Waals surface area contributed by atoms with Gasteiger partial charge in [0, 0.05) is 25.5 Å². The third-order valence-corrected chi connectivity index (χ3v) is 8.01. The minimum absolute atomic E-state index is 0.554. The van der Waals surface area contributed by atoms with Crippen molar-refractivity contribution >= 4 is 0 Å². The van der Waals surface area contributed by atoms with Crippen LogP contribution in [0.1, 0.15) is 154 Å². The SMILES string of the molecule is CCCCCCCCCCCCCC1N(CCCCCCCCCCC)C=CN1Cc1ccccc1. The van der Waals surface area contributed by atoms with E-state index in [-0.39, 0.29) is 0 Å². The van der Waals surface area contributed by atoms with Gasteiger partial charge in [0.15, 0.2) is 0 Å². The molecule has 2 nitrogen and oxygen atoms in total. The number of rotatable bonds is 24. The highest BCUT2D eigenvalue weighted by atomic mass is 15.4. The average Bonchev–Trinajstić information content (AvgIpc) is 3.27. The summed E-state index contributed by atoms with van der Waals surface area (Å²) in [6.07, 6.45) is 34.9. The molecule has 1 aromatic carbocycles. The van der Waals surface area contributed by atoms with Crippen molar-refractivity contribution in [3.8, 4) is 0 Å². The lowest BCUT2D eigenvalue weighted by Crippen LogP contribution is -2.38. The molecular formula is C34H60N2. The summed E-state index contributed by atoms with van der Waals surface area (Å²) in [6, 6.07) is 11.0. The van der Waals surface area contributed by atoms with Gasteiger partial charge in [-0.15, -0.1) is 0 Å². The van der Waals surface area contributed by atoms with Gasteiger partial charge >= 0.3 is 0 Å². The van der Waals surface area contributed by atoms with E-state index in [1.165, 1.54) is 147 Å². The molecule has 0 aliphatic carbocycles. The molecule has 2 heteroatoms. The van der Waals surface area contributed by atoms with E-state index in [4.69, 9.17) is 0 Å². The zero-order valence-electron chi connectivity index (χ0n) is 24.3. The van der Waals surface area contributed by atoms with Crippen LogP contribution in [-0.2, 0) is 6.54 Å². The fourth-order valence-corrected chi connectivity index (χ4v) is 5.66. The molecule has 0 radical (unpaired) electrons. The van der Waals surface area contributed by atoms with Gasteiger partial charge in [0.1, 0.15) is 6.17 Å². The maximum Gasteiger partial charge on any atom is 0.101 e. The molecule has 0 N–H and O–H groups in total. The lowest BCUT2D eigenvalue weighted by molar-refractivity contribution is 0.132. The first-order valence-electron chi connectivity index (χ1n) is 16.1. The molecule has 1 aromatic rings. The zero-order valence-corrected chi connectivity index (χ0v) is 24.3. The Bertz CT molecular complexity index is 625. The summed E-state index contributed by atoms with van der Waals surface area (Å²) in [5, 5.41) is 0. The molecule has 0 bridgehead atoms. The first kappa shape index (κ1) is 30.8. The van der Waals surface area contributed by atoms with Crippen LogP contribution >= 0.6 is 0 Å². The molecule has 0 spiro atoms. The Balaban J connectivity index is 1.64. The van der Waals surface area contributed by atoms with Crippen LogP contribution in [0.4, 0.5) is 0 Å². The average molecular weight is 497 g/mol. The highest BCUT2D eigenvalue weighted by Gasteiger charge is 2.25. The number of hydrogen-bond acceptors (Lipinski definition) is 2. The van der Waals surface area contributed by atoms with E-state index in [9.17, 15) is 0 Å². The smallest absolute Gasteiger partial charge is 0.101 e. The van der Waals surface area contributed by atoms with Crippen LogP contribution in [0.2, 0.25) is 0 Å². The van der Waals surface area contributed by atoms with Gasteiger partial charge in [-0.3, -0.25) is 0 Å². The second-order valence-electron chi connectivity index (χ2n) is 11.3. The second kappa shape index (κ2) is 21.6. The summed E-state index contributed by atoms with van der Waals surface area (Å²) in [7, 11) is 0. The van der Waals surface area contributed by atoms with Crippen LogP contribution in [0.15, 0.2) is 42.7 Å². The first-order valence-corrected chi connectivity index (χ1v) is 16.1. The van der Waals surface area contributed by atoms with E-state index >= 15 is 0 Å². The second-order valence-corrected chi connectivity index (χ2v) is 11.3. The maximum atomic E-state index is 2.65. The molecule has 0 saturated heterocycles. The van der Waals surface area contributed by atoms with Gasteiger partial charge in [0.05, 0.1) is 0 Å². The molecule has 1 unspecified atom stereocenters. The minimum atomic E-state index is 0.554. The van der Waals surface area contributed by atoms with Crippen LogP contribution in [0.3, 0.4) is 0 Å². The van der Waals surface area contributed by atoms with Crippen molar-refractivity contribution in [2.75, 3.05) is 6.54 Å². The summed E-state index contributed by atoms with van der Waals surface area (Å²) in [4.78, 5) is 5.25. The predicted molar refractivity (Wildman–Crippen MR) is 160 cm³/mol. The van der Waals surface area contributed by atoms with Crippen molar-refractivity contribution in [1.82, 2.24) is 9.80 Å². The van der Waals surface area contributed by atoms with E-state index in [1.54, 1.807) is 0 Å². The molecular weight excluding hydrogens is 436 g/mol. The molecule has 0 fully saturated rings. The summed E-state index contributed by atoms with van der Waals surface area (Å²) in [5.74, 6) is 0. The van der Waals surface area contributed by atoms with Crippen LogP contribution in [0.5, 0.6) is 0 Å². The number of unbranched alkanes of at least 4 members (excludes halogenated alkanes) is 18. The van der Waals surface area contributed by atoms with E-state index in [1.807, 2.05) is 0 Å². The van der Waals surface area contributed by atoms with Gasteiger partial charge in [0.25, 0.3) is 0 Å².